The minimum atomic E-state index is -0.300. The van der Waals surface area contributed by atoms with Gasteiger partial charge in [0.2, 0.25) is 0 Å². The van der Waals surface area contributed by atoms with Crippen LogP contribution in [0.1, 0.15) is 23.7 Å². The Labute approximate surface area is 117 Å². The van der Waals surface area contributed by atoms with Gasteiger partial charge in [-0.05, 0) is 36.4 Å². The first-order valence-corrected chi connectivity index (χ1v) is 6.36. The van der Waals surface area contributed by atoms with Gasteiger partial charge in [-0.2, -0.15) is 0 Å². The zero-order valence-electron chi connectivity index (χ0n) is 11.1. The van der Waals surface area contributed by atoms with Crippen molar-refractivity contribution in [1.29, 1.82) is 0 Å². The summed E-state index contributed by atoms with van der Waals surface area (Å²) >= 11 is 0. The molecule has 0 aliphatic carbocycles. The Morgan fingerprint density at radius 2 is 1.65 bits per heavy atom. The monoisotopic (exact) mass is 269 g/mol. The number of hydrogen-bond acceptors (Lipinski definition) is 3. The second-order valence-corrected chi connectivity index (χ2v) is 4.17. The third kappa shape index (κ3) is 3.68. The van der Waals surface area contributed by atoms with E-state index < -0.39 is 0 Å². The van der Waals surface area contributed by atoms with Gasteiger partial charge in [-0.25, -0.2) is 0 Å². The Hall–Kier alpha value is -2.62. The highest BCUT2D eigenvalue weighted by Gasteiger charge is 2.07. The topological polar surface area (TPSA) is 55.4 Å². The third-order valence-corrected chi connectivity index (χ3v) is 2.67. The fraction of sp³-hybridized carbons (Fsp3) is 0.125. The molecule has 0 unspecified atom stereocenters. The zero-order valence-corrected chi connectivity index (χ0v) is 11.1. The molecule has 0 saturated carbocycles. The van der Waals surface area contributed by atoms with Crippen molar-refractivity contribution in [3.05, 3.63) is 60.2 Å². The van der Waals surface area contributed by atoms with Gasteiger partial charge in [0.05, 0.1) is 0 Å². The first-order valence-electron chi connectivity index (χ1n) is 6.36. The van der Waals surface area contributed by atoms with Crippen molar-refractivity contribution in [2.75, 3.05) is 5.32 Å². The van der Waals surface area contributed by atoms with Crippen molar-refractivity contribution in [3.63, 3.8) is 0 Å². The van der Waals surface area contributed by atoms with Crippen LogP contribution in [0.15, 0.2) is 54.6 Å². The summed E-state index contributed by atoms with van der Waals surface area (Å²) in [6, 6.07) is 15.7. The lowest BCUT2D eigenvalue weighted by molar-refractivity contribution is -0.134. The maximum Gasteiger partial charge on any atom is 0.310 e. The van der Waals surface area contributed by atoms with Gasteiger partial charge in [0, 0.05) is 17.7 Å². The van der Waals surface area contributed by atoms with Crippen molar-refractivity contribution in [3.8, 4) is 5.75 Å². The zero-order chi connectivity index (χ0) is 14.4. The average molecular weight is 269 g/mol. The molecule has 102 valence electrons. The van der Waals surface area contributed by atoms with Crippen LogP contribution in [-0.4, -0.2) is 11.9 Å². The molecular weight excluding hydrogens is 254 g/mol. The molecule has 2 rings (SSSR count). The second-order valence-electron chi connectivity index (χ2n) is 4.17. The minimum Gasteiger partial charge on any atom is -0.427 e. The molecule has 20 heavy (non-hydrogen) atoms. The van der Waals surface area contributed by atoms with Crippen molar-refractivity contribution in [2.45, 2.75) is 13.3 Å². The van der Waals surface area contributed by atoms with E-state index in [-0.39, 0.29) is 11.9 Å². The van der Waals surface area contributed by atoms with Crippen LogP contribution < -0.4 is 10.1 Å². The number of benzene rings is 2. The van der Waals surface area contributed by atoms with Crippen LogP contribution in [0.25, 0.3) is 0 Å². The molecule has 0 aromatic heterocycles. The molecule has 1 N–H and O–H groups in total. The van der Waals surface area contributed by atoms with E-state index in [4.69, 9.17) is 4.74 Å². The van der Waals surface area contributed by atoms with E-state index in [1.54, 1.807) is 31.2 Å². The molecule has 1 amide bonds. The van der Waals surface area contributed by atoms with Crippen LogP contribution >= 0.6 is 0 Å². The van der Waals surface area contributed by atoms with Gasteiger partial charge in [-0.3, -0.25) is 9.59 Å². The van der Waals surface area contributed by atoms with Crippen molar-refractivity contribution in [2.24, 2.45) is 0 Å². The molecule has 0 saturated heterocycles. The Morgan fingerprint density at radius 1 is 1.00 bits per heavy atom. The summed E-state index contributed by atoms with van der Waals surface area (Å²) in [5, 5.41) is 2.78. The first-order chi connectivity index (χ1) is 9.69. The van der Waals surface area contributed by atoms with Gasteiger partial charge in [-0.1, -0.05) is 25.1 Å². The van der Waals surface area contributed by atoms with Crippen molar-refractivity contribution in [1.82, 2.24) is 0 Å². The number of carbonyl (C=O) groups is 2. The molecule has 0 radical (unpaired) electrons. The number of nitrogens with one attached hydrogen (secondary N) is 1. The van der Waals surface area contributed by atoms with Crippen LogP contribution in [-0.2, 0) is 4.79 Å². The summed E-state index contributed by atoms with van der Waals surface area (Å²) in [5.41, 5.74) is 1.24. The summed E-state index contributed by atoms with van der Waals surface area (Å²) in [6.07, 6.45) is 0.316. The van der Waals surface area contributed by atoms with Gasteiger partial charge in [0.25, 0.3) is 5.91 Å². The number of rotatable bonds is 4. The molecule has 2 aromatic rings. The normalized spacial score (nSPS) is 9.85. The summed E-state index contributed by atoms with van der Waals surface area (Å²) in [4.78, 5) is 23.1. The Bertz CT molecular complexity index is 591. The molecular formula is C16H15NO3. The SMILES string of the molecule is CCC(=O)Oc1ccc(C(=O)Nc2ccccc2)cc1. The van der Waals surface area contributed by atoms with Gasteiger partial charge < -0.3 is 10.1 Å². The first kappa shape index (κ1) is 13.8. The highest BCUT2D eigenvalue weighted by molar-refractivity contribution is 6.04. The maximum absolute atomic E-state index is 12.0. The molecule has 2 aromatic carbocycles. The quantitative estimate of drug-likeness (QED) is 0.684. The largest absolute Gasteiger partial charge is 0.427 e. The lowest BCUT2D eigenvalue weighted by Gasteiger charge is -2.06. The summed E-state index contributed by atoms with van der Waals surface area (Å²) in [7, 11) is 0. The minimum absolute atomic E-state index is 0.204. The van der Waals surface area contributed by atoms with Gasteiger partial charge >= 0.3 is 5.97 Å². The number of amides is 1. The van der Waals surface area contributed by atoms with E-state index >= 15 is 0 Å². The van der Waals surface area contributed by atoms with Crippen molar-refractivity contribution >= 4 is 17.6 Å². The summed E-state index contributed by atoms with van der Waals surface area (Å²) in [6.45, 7) is 1.73. The van der Waals surface area contributed by atoms with E-state index in [0.717, 1.165) is 5.69 Å². The average Bonchev–Trinajstić information content (AvgIpc) is 2.49. The molecule has 4 nitrogen and oxygen atoms in total. The van der Waals surface area contributed by atoms with E-state index in [0.29, 0.717) is 17.7 Å². The Balaban J connectivity index is 2.02. The Morgan fingerprint density at radius 3 is 2.25 bits per heavy atom. The van der Waals surface area contributed by atoms with Crippen molar-refractivity contribution < 1.29 is 14.3 Å². The number of para-hydroxylation sites is 1. The lowest BCUT2D eigenvalue weighted by atomic mass is 10.2. The fourth-order valence-corrected chi connectivity index (χ4v) is 1.60. The highest BCUT2D eigenvalue weighted by atomic mass is 16.5. The fourth-order valence-electron chi connectivity index (χ4n) is 1.60. The molecule has 4 heteroatoms. The van der Waals surface area contributed by atoms with E-state index in [2.05, 4.69) is 5.32 Å². The predicted octanol–water partition coefficient (Wildman–Crippen LogP) is 3.25. The summed E-state index contributed by atoms with van der Waals surface area (Å²) in [5.74, 6) is -0.0656. The predicted molar refractivity (Wildman–Crippen MR) is 76.8 cm³/mol. The van der Waals surface area contributed by atoms with Gasteiger partial charge in [0.15, 0.2) is 0 Å². The van der Waals surface area contributed by atoms with Crippen LogP contribution in [0.4, 0.5) is 5.69 Å². The van der Waals surface area contributed by atoms with Crippen LogP contribution in [0.5, 0.6) is 5.75 Å². The van der Waals surface area contributed by atoms with Crippen LogP contribution in [0, 0.1) is 0 Å². The third-order valence-electron chi connectivity index (χ3n) is 2.67. The number of hydrogen-bond donors (Lipinski definition) is 1. The second kappa shape index (κ2) is 6.52. The number of carbonyl (C=O) groups excluding carboxylic acids is 2. The molecule has 0 fully saturated rings. The standard InChI is InChI=1S/C16H15NO3/c1-2-15(18)20-14-10-8-12(9-11-14)16(19)17-13-6-4-3-5-7-13/h3-11H,2H2,1H3,(H,17,19). The molecule has 0 aliphatic rings. The van der Waals surface area contributed by atoms with Gasteiger partial charge in [-0.15, -0.1) is 0 Å². The number of ether oxygens (including phenoxy) is 1. The number of esters is 1. The van der Waals surface area contributed by atoms with E-state index in [1.165, 1.54) is 0 Å². The smallest absolute Gasteiger partial charge is 0.310 e. The highest BCUT2D eigenvalue weighted by Crippen LogP contribution is 2.14. The summed E-state index contributed by atoms with van der Waals surface area (Å²) < 4.78 is 5.05. The van der Waals surface area contributed by atoms with E-state index in [1.807, 2.05) is 30.3 Å². The molecule has 0 spiro atoms. The molecule has 0 atom stereocenters. The molecule has 0 heterocycles. The number of anilines is 1. The van der Waals surface area contributed by atoms with Crippen LogP contribution in [0.3, 0.4) is 0 Å². The van der Waals surface area contributed by atoms with Crippen LogP contribution in [0.2, 0.25) is 0 Å². The maximum atomic E-state index is 12.0. The molecule has 0 aliphatic heterocycles. The molecule has 0 bridgehead atoms. The lowest BCUT2D eigenvalue weighted by Crippen LogP contribution is -2.12. The Kier molecular flexibility index (Phi) is 4.50. The van der Waals surface area contributed by atoms with Gasteiger partial charge in [0.1, 0.15) is 5.75 Å². The van der Waals surface area contributed by atoms with E-state index in [9.17, 15) is 9.59 Å².